The Morgan fingerprint density at radius 3 is 2.68 bits per heavy atom. The fraction of sp³-hybridized carbons (Fsp3) is 0.296. The van der Waals surface area contributed by atoms with Gasteiger partial charge in [0.15, 0.2) is 22.8 Å². The van der Waals surface area contributed by atoms with E-state index in [0.29, 0.717) is 66.9 Å². The number of aliphatic hydroxyl groups is 1. The number of morpholine rings is 1. The maximum atomic E-state index is 11.2. The molecule has 1 aliphatic rings. The molecule has 1 atom stereocenters. The molecule has 5 rings (SSSR count). The summed E-state index contributed by atoms with van der Waals surface area (Å²) in [6.07, 6.45) is 5.83. The van der Waals surface area contributed by atoms with Gasteiger partial charge in [0.05, 0.1) is 13.2 Å². The van der Waals surface area contributed by atoms with Gasteiger partial charge in [0, 0.05) is 56.6 Å². The Labute approximate surface area is 215 Å². The van der Waals surface area contributed by atoms with Gasteiger partial charge in [-0.25, -0.2) is 15.0 Å². The maximum absolute atomic E-state index is 11.2. The standard InChI is InChI=1S/C27H30N8O2/c1-3-35-26-22(31-27(35)23(36)18-7-11-30-12-8-18)25(34-13-15-37-16-14-34)32-24(33-26)20-6-4-5-19(17-20)21(28)9-10-29-2/h4-12,17,23,36H,3,13-16,28H2,1-2H3. The van der Waals surface area contributed by atoms with Crippen molar-refractivity contribution >= 4 is 28.9 Å². The van der Waals surface area contributed by atoms with Gasteiger partial charge in [0.1, 0.15) is 11.9 Å². The second-order valence-electron chi connectivity index (χ2n) is 8.65. The molecule has 1 saturated heterocycles. The highest BCUT2D eigenvalue weighted by Crippen LogP contribution is 2.32. The van der Waals surface area contributed by atoms with Crippen molar-refractivity contribution in [2.75, 3.05) is 38.3 Å². The number of aliphatic imine (C=N–C) groups is 1. The second kappa shape index (κ2) is 10.9. The Morgan fingerprint density at radius 1 is 1.16 bits per heavy atom. The minimum absolute atomic E-state index is 0.518. The van der Waals surface area contributed by atoms with Crippen LogP contribution >= 0.6 is 0 Å². The van der Waals surface area contributed by atoms with Crippen molar-refractivity contribution < 1.29 is 9.84 Å². The number of aryl methyl sites for hydroxylation is 1. The van der Waals surface area contributed by atoms with Crippen molar-refractivity contribution in [2.24, 2.45) is 10.7 Å². The molecular formula is C27H30N8O2. The zero-order chi connectivity index (χ0) is 25.8. The van der Waals surface area contributed by atoms with Crippen molar-refractivity contribution in [1.29, 1.82) is 0 Å². The summed E-state index contributed by atoms with van der Waals surface area (Å²) >= 11 is 0. The minimum atomic E-state index is -0.924. The summed E-state index contributed by atoms with van der Waals surface area (Å²) in [5.74, 6) is 1.81. The number of aromatic nitrogens is 5. The Kier molecular flexibility index (Phi) is 7.20. The maximum Gasteiger partial charge on any atom is 0.166 e. The molecular weight excluding hydrogens is 468 g/mol. The number of imidazole rings is 1. The number of hydrogen-bond donors (Lipinski definition) is 2. The van der Waals surface area contributed by atoms with Gasteiger partial charge in [0.2, 0.25) is 0 Å². The fourth-order valence-corrected chi connectivity index (χ4v) is 4.43. The molecule has 0 aliphatic carbocycles. The predicted molar refractivity (Wildman–Crippen MR) is 144 cm³/mol. The van der Waals surface area contributed by atoms with E-state index >= 15 is 0 Å². The Balaban J connectivity index is 1.69. The van der Waals surface area contributed by atoms with E-state index in [1.54, 1.807) is 43.9 Å². The lowest BCUT2D eigenvalue weighted by molar-refractivity contribution is 0.122. The van der Waals surface area contributed by atoms with Crippen LogP contribution in [0.1, 0.15) is 30.0 Å². The van der Waals surface area contributed by atoms with Gasteiger partial charge in [-0.3, -0.25) is 9.98 Å². The zero-order valence-corrected chi connectivity index (χ0v) is 20.9. The molecule has 10 heteroatoms. The van der Waals surface area contributed by atoms with E-state index in [0.717, 1.165) is 16.9 Å². The van der Waals surface area contributed by atoms with E-state index in [2.05, 4.69) is 14.9 Å². The molecule has 190 valence electrons. The molecule has 0 bridgehead atoms. The lowest BCUT2D eigenvalue weighted by atomic mass is 10.1. The average Bonchev–Trinajstić information content (AvgIpc) is 3.34. The Hall–Kier alpha value is -4.15. The van der Waals surface area contributed by atoms with Crippen molar-refractivity contribution in [3.05, 3.63) is 71.8 Å². The van der Waals surface area contributed by atoms with Crippen molar-refractivity contribution in [2.45, 2.75) is 19.6 Å². The third kappa shape index (κ3) is 4.93. The van der Waals surface area contributed by atoms with Crippen molar-refractivity contribution in [3.63, 3.8) is 0 Å². The number of rotatable bonds is 7. The number of hydrogen-bond acceptors (Lipinski definition) is 9. The summed E-state index contributed by atoms with van der Waals surface area (Å²) in [6, 6.07) is 11.4. The summed E-state index contributed by atoms with van der Waals surface area (Å²) in [6.45, 7) is 5.20. The molecule has 1 unspecified atom stereocenters. The van der Waals surface area contributed by atoms with Crippen LogP contribution in [0.3, 0.4) is 0 Å². The van der Waals surface area contributed by atoms with Crippen LogP contribution in [0.15, 0.2) is 59.9 Å². The average molecular weight is 499 g/mol. The number of fused-ring (bicyclic) bond motifs is 1. The van der Waals surface area contributed by atoms with Gasteiger partial charge in [-0.15, -0.1) is 0 Å². The molecule has 10 nitrogen and oxygen atoms in total. The summed E-state index contributed by atoms with van der Waals surface area (Å²) in [7, 11) is 1.70. The topological polar surface area (TPSA) is 128 Å². The quantitative estimate of drug-likeness (QED) is 0.372. The number of nitrogens with zero attached hydrogens (tertiary/aromatic N) is 7. The highest BCUT2D eigenvalue weighted by Gasteiger charge is 2.26. The summed E-state index contributed by atoms with van der Waals surface area (Å²) in [5.41, 5.74) is 10.6. The van der Waals surface area contributed by atoms with Crippen LogP contribution in [0.4, 0.5) is 5.82 Å². The van der Waals surface area contributed by atoms with E-state index in [9.17, 15) is 5.11 Å². The first kappa shape index (κ1) is 24.5. The molecule has 0 amide bonds. The largest absolute Gasteiger partial charge is 0.398 e. The van der Waals surface area contributed by atoms with Gasteiger partial charge in [-0.05, 0) is 42.3 Å². The van der Waals surface area contributed by atoms with Crippen LogP contribution in [0, 0.1) is 0 Å². The van der Waals surface area contributed by atoms with E-state index in [1.807, 2.05) is 35.8 Å². The van der Waals surface area contributed by atoms with E-state index < -0.39 is 6.10 Å². The molecule has 3 aromatic heterocycles. The third-order valence-corrected chi connectivity index (χ3v) is 6.36. The SMILES string of the molecule is CCn1c(C(O)c2ccncc2)nc2c(N3CCOCC3)nc(-c3cccc(C(N)=CC=NC)c3)nc21. The Bertz CT molecular complexity index is 1440. The fourth-order valence-electron chi connectivity index (χ4n) is 4.43. The predicted octanol–water partition coefficient (Wildman–Crippen LogP) is 2.83. The smallest absolute Gasteiger partial charge is 0.166 e. The van der Waals surface area contributed by atoms with E-state index in [-0.39, 0.29) is 0 Å². The Morgan fingerprint density at radius 2 is 1.95 bits per heavy atom. The lowest BCUT2D eigenvalue weighted by Gasteiger charge is -2.28. The monoisotopic (exact) mass is 498 g/mol. The summed E-state index contributed by atoms with van der Waals surface area (Å²) in [4.78, 5) is 25.0. The number of benzene rings is 1. The number of anilines is 1. The van der Waals surface area contributed by atoms with Gasteiger partial charge in [-0.2, -0.15) is 0 Å². The van der Waals surface area contributed by atoms with Crippen molar-refractivity contribution in [3.8, 4) is 11.4 Å². The molecule has 4 aromatic rings. The molecule has 3 N–H and O–H groups in total. The van der Waals surface area contributed by atoms with E-state index in [4.69, 9.17) is 25.4 Å². The molecule has 4 heterocycles. The number of nitrogens with two attached hydrogens (primary N) is 1. The van der Waals surface area contributed by atoms with Crippen molar-refractivity contribution in [1.82, 2.24) is 24.5 Å². The number of pyridine rings is 1. The van der Waals surface area contributed by atoms with Gasteiger partial charge < -0.3 is 25.0 Å². The number of aliphatic hydroxyl groups excluding tert-OH is 1. The van der Waals surface area contributed by atoms with Crippen LogP contribution in [-0.2, 0) is 11.3 Å². The summed E-state index contributed by atoms with van der Waals surface area (Å²) < 4.78 is 7.53. The third-order valence-electron chi connectivity index (χ3n) is 6.36. The first-order valence-electron chi connectivity index (χ1n) is 12.3. The van der Waals surface area contributed by atoms with Gasteiger partial charge in [-0.1, -0.05) is 18.2 Å². The summed E-state index contributed by atoms with van der Waals surface area (Å²) in [5, 5.41) is 11.2. The molecule has 0 spiro atoms. The number of ether oxygens (including phenoxy) is 1. The lowest BCUT2D eigenvalue weighted by Crippen LogP contribution is -2.37. The highest BCUT2D eigenvalue weighted by molar-refractivity contribution is 5.87. The molecule has 1 aromatic carbocycles. The van der Waals surface area contributed by atoms with Crippen LogP contribution in [0.5, 0.6) is 0 Å². The first-order chi connectivity index (χ1) is 18.1. The molecule has 0 radical (unpaired) electrons. The van der Waals surface area contributed by atoms with Crippen LogP contribution in [0.2, 0.25) is 0 Å². The van der Waals surface area contributed by atoms with E-state index in [1.165, 1.54) is 0 Å². The normalized spacial score (nSPS) is 15.5. The molecule has 1 fully saturated rings. The van der Waals surface area contributed by atoms with Crippen LogP contribution in [0.25, 0.3) is 28.2 Å². The van der Waals surface area contributed by atoms with Gasteiger partial charge >= 0.3 is 0 Å². The van der Waals surface area contributed by atoms with Gasteiger partial charge in [0.25, 0.3) is 0 Å². The number of allylic oxidation sites excluding steroid dienone is 1. The minimum Gasteiger partial charge on any atom is -0.398 e. The molecule has 37 heavy (non-hydrogen) atoms. The molecule has 0 saturated carbocycles. The van der Waals surface area contributed by atoms with Crippen LogP contribution < -0.4 is 10.6 Å². The van der Waals surface area contributed by atoms with Crippen LogP contribution in [-0.4, -0.2) is 69.2 Å². The second-order valence-corrected chi connectivity index (χ2v) is 8.65. The molecule has 1 aliphatic heterocycles. The first-order valence-corrected chi connectivity index (χ1v) is 12.3. The zero-order valence-electron chi connectivity index (χ0n) is 20.9. The highest BCUT2D eigenvalue weighted by atomic mass is 16.5.